The third kappa shape index (κ3) is 2.40. The molecule has 2 rings (SSSR count). The second-order valence-corrected chi connectivity index (χ2v) is 3.95. The summed E-state index contributed by atoms with van der Waals surface area (Å²) >= 11 is 6.05. The van der Waals surface area contributed by atoms with Crippen LogP contribution < -0.4 is 4.74 Å². The second-order valence-electron chi connectivity index (χ2n) is 3.54. The highest BCUT2D eigenvalue weighted by atomic mass is 35.5. The van der Waals surface area contributed by atoms with Gasteiger partial charge in [0, 0.05) is 22.3 Å². The van der Waals surface area contributed by atoms with E-state index < -0.39 is 6.10 Å². The summed E-state index contributed by atoms with van der Waals surface area (Å²) in [7, 11) is 1.54. The van der Waals surface area contributed by atoms with Crippen molar-refractivity contribution in [2.75, 3.05) is 7.11 Å². The molecule has 0 spiro atoms. The summed E-state index contributed by atoms with van der Waals surface area (Å²) in [5, 5.41) is 10.8. The van der Waals surface area contributed by atoms with Crippen LogP contribution in [0.3, 0.4) is 0 Å². The molecule has 0 aliphatic rings. The first kappa shape index (κ1) is 11.9. The Morgan fingerprint density at radius 3 is 2.71 bits per heavy atom. The molecule has 1 unspecified atom stereocenters. The Balaban J connectivity index is 2.44. The Hall–Kier alpha value is -1.58. The number of benzene rings is 1. The molecule has 2 aromatic rings. The number of halogens is 1. The minimum atomic E-state index is -0.818. The van der Waals surface area contributed by atoms with Crippen LogP contribution in [0.2, 0.25) is 5.02 Å². The summed E-state index contributed by atoms with van der Waals surface area (Å²) < 4.78 is 5.16. The van der Waals surface area contributed by atoms with Gasteiger partial charge in [-0.3, -0.25) is 4.98 Å². The van der Waals surface area contributed by atoms with Gasteiger partial charge in [0.05, 0.1) is 13.3 Å². The number of hydrogen-bond acceptors (Lipinski definition) is 3. The van der Waals surface area contributed by atoms with Crippen LogP contribution in [0.25, 0.3) is 0 Å². The van der Waals surface area contributed by atoms with Crippen molar-refractivity contribution in [1.82, 2.24) is 4.98 Å². The maximum absolute atomic E-state index is 10.3. The van der Waals surface area contributed by atoms with Crippen molar-refractivity contribution in [1.29, 1.82) is 0 Å². The number of methoxy groups -OCH3 is 1. The molecule has 4 heteroatoms. The van der Waals surface area contributed by atoms with Crippen LogP contribution >= 0.6 is 11.6 Å². The van der Waals surface area contributed by atoms with Crippen LogP contribution in [0, 0.1) is 0 Å². The van der Waals surface area contributed by atoms with Crippen molar-refractivity contribution in [3.05, 3.63) is 58.9 Å². The van der Waals surface area contributed by atoms with Crippen molar-refractivity contribution in [2.45, 2.75) is 6.10 Å². The van der Waals surface area contributed by atoms with Gasteiger partial charge in [0.15, 0.2) is 0 Å². The minimum Gasteiger partial charge on any atom is -0.495 e. The van der Waals surface area contributed by atoms with Gasteiger partial charge < -0.3 is 9.84 Å². The van der Waals surface area contributed by atoms with E-state index >= 15 is 0 Å². The lowest BCUT2D eigenvalue weighted by Crippen LogP contribution is -2.03. The summed E-state index contributed by atoms with van der Waals surface area (Å²) in [6.45, 7) is 0. The first-order chi connectivity index (χ1) is 8.24. The van der Waals surface area contributed by atoms with Gasteiger partial charge in [0.1, 0.15) is 11.9 Å². The number of rotatable bonds is 3. The first-order valence-corrected chi connectivity index (χ1v) is 5.52. The van der Waals surface area contributed by atoms with Crippen molar-refractivity contribution < 1.29 is 9.84 Å². The smallest absolute Gasteiger partial charge is 0.143 e. The van der Waals surface area contributed by atoms with Gasteiger partial charge in [-0.25, -0.2) is 0 Å². The van der Waals surface area contributed by atoms with Crippen LogP contribution in [-0.4, -0.2) is 17.2 Å². The quantitative estimate of drug-likeness (QED) is 0.910. The molecule has 1 aromatic heterocycles. The molecule has 0 saturated heterocycles. The van der Waals surface area contributed by atoms with Crippen LogP contribution in [0.4, 0.5) is 0 Å². The lowest BCUT2D eigenvalue weighted by Gasteiger charge is -2.15. The molecule has 0 fully saturated rings. The fourth-order valence-electron chi connectivity index (χ4n) is 1.65. The van der Waals surface area contributed by atoms with Crippen molar-refractivity contribution in [3.8, 4) is 5.75 Å². The molecule has 0 aliphatic heterocycles. The van der Waals surface area contributed by atoms with Crippen molar-refractivity contribution in [3.63, 3.8) is 0 Å². The van der Waals surface area contributed by atoms with E-state index in [0.29, 0.717) is 21.9 Å². The molecule has 1 N–H and O–H groups in total. The molecule has 1 atom stereocenters. The minimum absolute atomic E-state index is 0.527. The van der Waals surface area contributed by atoms with E-state index in [1.807, 2.05) is 12.1 Å². The number of aromatic nitrogens is 1. The topological polar surface area (TPSA) is 42.4 Å². The van der Waals surface area contributed by atoms with Gasteiger partial charge in [0.2, 0.25) is 0 Å². The van der Waals surface area contributed by atoms with Gasteiger partial charge in [-0.1, -0.05) is 29.8 Å². The maximum Gasteiger partial charge on any atom is 0.143 e. The summed E-state index contributed by atoms with van der Waals surface area (Å²) in [4.78, 5) is 3.95. The second kappa shape index (κ2) is 5.17. The Morgan fingerprint density at radius 2 is 2.00 bits per heavy atom. The number of aliphatic hydroxyl groups is 1. The molecule has 0 amide bonds. The SMILES string of the molecule is COc1cnccc1C(O)c1ccccc1Cl. The largest absolute Gasteiger partial charge is 0.495 e. The van der Waals surface area contributed by atoms with Gasteiger partial charge >= 0.3 is 0 Å². The van der Waals surface area contributed by atoms with Crippen molar-refractivity contribution in [2.24, 2.45) is 0 Å². The van der Waals surface area contributed by atoms with Crippen LogP contribution in [0.15, 0.2) is 42.7 Å². The monoisotopic (exact) mass is 249 g/mol. The molecule has 0 bridgehead atoms. The molecular formula is C13H12ClNO2. The number of ether oxygens (including phenoxy) is 1. The van der Waals surface area contributed by atoms with E-state index in [0.717, 1.165) is 0 Å². The number of hydrogen-bond donors (Lipinski definition) is 1. The third-order valence-corrected chi connectivity index (χ3v) is 2.87. The van der Waals surface area contributed by atoms with Gasteiger partial charge in [-0.15, -0.1) is 0 Å². The lowest BCUT2D eigenvalue weighted by atomic mass is 10.0. The predicted octanol–water partition coefficient (Wildman–Crippen LogP) is 2.83. The highest BCUT2D eigenvalue weighted by Gasteiger charge is 2.17. The number of aliphatic hydroxyl groups excluding tert-OH is 1. The molecule has 17 heavy (non-hydrogen) atoms. The molecule has 3 nitrogen and oxygen atoms in total. The van der Waals surface area contributed by atoms with E-state index in [2.05, 4.69) is 4.98 Å². The zero-order valence-electron chi connectivity index (χ0n) is 9.30. The number of nitrogens with zero attached hydrogens (tertiary/aromatic N) is 1. The summed E-state index contributed by atoms with van der Waals surface area (Å²) in [5.74, 6) is 0.542. The van der Waals surface area contributed by atoms with Crippen LogP contribution in [-0.2, 0) is 0 Å². The molecule has 0 saturated carbocycles. The van der Waals surface area contributed by atoms with E-state index in [-0.39, 0.29) is 0 Å². The molecular weight excluding hydrogens is 238 g/mol. The Kier molecular flexibility index (Phi) is 3.61. The highest BCUT2D eigenvalue weighted by molar-refractivity contribution is 6.31. The summed E-state index contributed by atoms with van der Waals surface area (Å²) in [6.07, 6.45) is 2.36. The normalized spacial score (nSPS) is 12.2. The van der Waals surface area contributed by atoms with E-state index in [1.165, 1.54) is 0 Å². The lowest BCUT2D eigenvalue weighted by molar-refractivity contribution is 0.214. The molecule has 88 valence electrons. The third-order valence-electron chi connectivity index (χ3n) is 2.53. The average Bonchev–Trinajstić information content (AvgIpc) is 2.38. The predicted molar refractivity (Wildman–Crippen MR) is 66.3 cm³/mol. The maximum atomic E-state index is 10.3. The summed E-state index contributed by atoms with van der Waals surface area (Å²) in [5.41, 5.74) is 1.30. The Morgan fingerprint density at radius 1 is 1.24 bits per heavy atom. The Labute approximate surface area is 105 Å². The first-order valence-electron chi connectivity index (χ1n) is 5.14. The standard InChI is InChI=1S/C13H12ClNO2/c1-17-12-8-15-7-6-10(12)13(16)9-4-2-3-5-11(9)14/h2-8,13,16H,1H3. The van der Waals surface area contributed by atoms with Gasteiger partial charge in [-0.2, -0.15) is 0 Å². The van der Waals surface area contributed by atoms with Gasteiger partial charge in [0.25, 0.3) is 0 Å². The van der Waals surface area contributed by atoms with Crippen molar-refractivity contribution >= 4 is 11.6 Å². The fourth-order valence-corrected chi connectivity index (χ4v) is 1.89. The fraction of sp³-hybridized carbons (Fsp3) is 0.154. The summed E-state index contributed by atoms with van der Waals surface area (Å²) in [6, 6.07) is 8.90. The zero-order valence-corrected chi connectivity index (χ0v) is 10.1. The van der Waals surface area contributed by atoms with E-state index in [4.69, 9.17) is 16.3 Å². The van der Waals surface area contributed by atoms with Crippen LogP contribution in [0.5, 0.6) is 5.75 Å². The zero-order chi connectivity index (χ0) is 12.3. The molecule has 1 aromatic carbocycles. The molecule has 0 radical (unpaired) electrons. The number of pyridine rings is 1. The molecule has 1 heterocycles. The van der Waals surface area contributed by atoms with E-state index in [1.54, 1.807) is 37.7 Å². The van der Waals surface area contributed by atoms with Gasteiger partial charge in [-0.05, 0) is 12.1 Å². The van der Waals surface area contributed by atoms with Crippen LogP contribution in [0.1, 0.15) is 17.2 Å². The average molecular weight is 250 g/mol. The highest BCUT2D eigenvalue weighted by Crippen LogP contribution is 2.32. The molecule has 0 aliphatic carbocycles. The van der Waals surface area contributed by atoms with E-state index in [9.17, 15) is 5.11 Å². The Bertz CT molecular complexity index is 516.